The monoisotopic (exact) mass is 196 g/mol. The summed E-state index contributed by atoms with van der Waals surface area (Å²) in [5, 5.41) is 3.76. The molecule has 0 radical (unpaired) electrons. The fourth-order valence-corrected chi connectivity index (χ4v) is 0.869. The summed E-state index contributed by atoms with van der Waals surface area (Å²) in [6.45, 7) is 0. The van der Waals surface area contributed by atoms with Crippen LogP contribution in [-0.2, 0) is 9.36 Å². The number of nitrogens with one attached hydrogen (secondary N) is 2. The molecule has 0 atom stereocenters. The van der Waals surface area contributed by atoms with Crippen molar-refractivity contribution in [3.8, 4) is 0 Å². The van der Waals surface area contributed by atoms with Gasteiger partial charge in [-0.2, -0.15) is 0 Å². The van der Waals surface area contributed by atoms with Crippen molar-refractivity contribution in [3.63, 3.8) is 0 Å². The Bertz CT molecular complexity index is 234. The molecule has 0 aliphatic carbocycles. The zero-order chi connectivity index (χ0) is 9.78. The van der Waals surface area contributed by atoms with E-state index < -0.39 is 25.7 Å². The number of hydrogen-bond acceptors (Lipinski definition) is 3. The molecule has 8 heteroatoms. The second kappa shape index (κ2) is 4.20. The topological polar surface area (TPSA) is 116 Å². The lowest BCUT2D eigenvalue weighted by Gasteiger charge is -2.03. The van der Waals surface area contributed by atoms with Gasteiger partial charge in [-0.1, -0.05) is 0 Å². The van der Waals surface area contributed by atoms with E-state index in [2.05, 4.69) is 5.32 Å². The van der Waals surface area contributed by atoms with Crippen molar-refractivity contribution in [1.29, 1.82) is 0 Å². The van der Waals surface area contributed by atoms with Gasteiger partial charge in [-0.25, -0.2) is 4.79 Å². The van der Waals surface area contributed by atoms with Gasteiger partial charge in [0.15, 0.2) is 0 Å². The second-order valence-electron chi connectivity index (χ2n) is 1.95. The Balaban J connectivity index is 3.92. The van der Waals surface area contributed by atoms with Gasteiger partial charge in [0.05, 0.1) is 0 Å². The number of amides is 3. The van der Waals surface area contributed by atoms with Crippen LogP contribution in [-0.4, -0.2) is 34.9 Å². The zero-order valence-corrected chi connectivity index (χ0v) is 7.17. The van der Waals surface area contributed by atoms with Crippen LogP contribution in [0.5, 0.6) is 0 Å². The molecule has 0 aromatic rings. The van der Waals surface area contributed by atoms with Crippen LogP contribution >= 0.6 is 7.60 Å². The highest BCUT2D eigenvalue weighted by atomic mass is 31.2. The minimum absolute atomic E-state index is 0.798. The molecule has 0 spiro atoms. The molecule has 0 heterocycles. The van der Waals surface area contributed by atoms with Crippen LogP contribution in [0.15, 0.2) is 0 Å². The van der Waals surface area contributed by atoms with Crippen LogP contribution in [0.1, 0.15) is 0 Å². The van der Waals surface area contributed by atoms with Crippen LogP contribution in [0.25, 0.3) is 0 Å². The predicted octanol–water partition coefficient (Wildman–Crippen LogP) is -1.38. The first-order valence-electron chi connectivity index (χ1n) is 2.91. The van der Waals surface area contributed by atoms with Gasteiger partial charge in [0.25, 0.3) is 0 Å². The summed E-state index contributed by atoms with van der Waals surface area (Å²) in [6, 6.07) is -0.798. The molecule has 12 heavy (non-hydrogen) atoms. The van der Waals surface area contributed by atoms with E-state index in [1.54, 1.807) is 5.32 Å². The van der Waals surface area contributed by atoms with Crippen molar-refractivity contribution in [3.05, 3.63) is 0 Å². The number of imide groups is 1. The van der Waals surface area contributed by atoms with Gasteiger partial charge < -0.3 is 15.1 Å². The minimum atomic E-state index is -4.38. The predicted molar refractivity (Wildman–Crippen MR) is 39.5 cm³/mol. The van der Waals surface area contributed by atoms with Gasteiger partial charge in [-0.05, 0) is 0 Å². The van der Waals surface area contributed by atoms with Crippen LogP contribution < -0.4 is 10.6 Å². The van der Waals surface area contributed by atoms with Crippen molar-refractivity contribution >= 4 is 19.5 Å². The third-order valence-corrected chi connectivity index (χ3v) is 1.53. The Morgan fingerprint density at radius 2 is 1.92 bits per heavy atom. The lowest BCUT2D eigenvalue weighted by Crippen LogP contribution is -2.38. The number of rotatable bonds is 2. The van der Waals surface area contributed by atoms with Crippen molar-refractivity contribution in [2.45, 2.75) is 0 Å². The highest BCUT2D eigenvalue weighted by molar-refractivity contribution is 7.52. The summed E-state index contributed by atoms with van der Waals surface area (Å²) in [7, 11) is -3.10. The van der Waals surface area contributed by atoms with E-state index >= 15 is 0 Å². The van der Waals surface area contributed by atoms with Crippen LogP contribution in [0, 0.1) is 0 Å². The Morgan fingerprint density at radius 1 is 1.42 bits per heavy atom. The maximum atomic E-state index is 10.6. The lowest BCUT2D eigenvalue weighted by atomic mass is 10.7. The first-order chi connectivity index (χ1) is 5.35. The molecule has 0 saturated carbocycles. The quantitative estimate of drug-likeness (QED) is 0.406. The molecule has 0 aliphatic rings. The third-order valence-electron chi connectivity index (χ3n) is 0.830. The highest BCUT2D eigenvalue weighted by Gasteiger charge is 2.19. The Kier molecular flexibility index (Phi) is 3.88. The highest BCUT2D eigenvalue weighted by Crippen LogP contribution is 2.33. The van der Waals surface area contributed by atoms with Gasteiger partial charge in [-0.15, -0.1) is 0 Å². The van der Waals surface area contributed by atoms with Gasteiger partial charge in [0, 0.05) is 7.05 Å². The first-order valence-corrected chi connectivity index (χ1v) is 4.71. The number of urea groups is 1. The van der Waals surface area contributed by atoms with E-state index in [1.807, 2.05) is 0 Å². The third kappa shape index (κ3) is 5.84. The lowest BCUT2D eigenvalue weighted by molar-refractivity contribution is -0.117. The Hall–Kier alpha value is -0.910. The summed E-state index contributed by atoms with van der Waals surface area (Å²) in [4.78, 5) is 37.6. The summed E-state index contributed by atoms with van der Waals surface area (Å²) >= 11 is 0. The van der Waals surface area contributed by atoms with E-state index in [-0.39, 0.29) is 0 Å². The van der Waals surface area contributed by atoms with Crippen LogP contribution in [0.4, 0.5) is 4.79 Å². The van der Waals surface area contributed by atoms with Crippen molar-refractivity contribution < 1.29 is 23.9 Å². The van der Waals surface area contributed by atoms with E-state index in [1.165, 1.54) is 7.05 Å². The fourth-order valence-electron chi connectivity index (χ4n) is 0.416. The Labute approximate surface area is 68.3 Å². The summed E-state index contributed by atoms with van der Waals surface area (Å²) in [5.74, 6) is -1.01. The molecule has 0 bridgehead atoms. The van der Waals surface area contributed by atoms with Gasteiger partial charge in [-0.3, -0.25) is 14.7 Å². The average Bonchev–Trinajstić information content (AvgIpc) is 1.82. The van der Waals surface area contributed by atoms with E-state index in [9.17, 15) is 14.2 Å². The van der Waals surface area contributed by atoms with Crippen molar-refractivity contribution in [2.24, 2.45) is 0 Å². The maximum absolute atomic E-state index is 10.6. The van der Waals surface area contributed by atoms with E-state index in [0.29, 0.717) is 0 Å². The summed E-state index contributed by atoms with van der Waals surface area (Å²) < 4.78 is 10.2. The SMILES string of the molecule is CNC(=O)NC(=O)CP(=O)(O)O. The minimum Gasteiger partial charge on any atom is -0.341 e. The standard InChI is InChI=1S/C4H9N2O5P/c1-5-4(8)6-3(7)2-12(9,10)11/h2H2,1H3,(H2,9,10,11)(H2,5,6,7,8). The molecule has 0 aliphatic heterocycles. The first kappa shape index (κ1) is 11.1. The fraction of sp³-hybridized carbons (Fsp3) is 0.500. The maximum Gasteiger partial charge on any atom is 0.334 e. The molecule has 70 valence electrons. The molecule has 0 aromatic heterocycles. The molecular formula is C4H9N2O5P. The molecule has 3 amide bonds. The largest absolute Gasteiger partial charge is 0.341 e. The molecule has 0 rings (SSSR count). The zero-order valence-electron chi connectivity index (χ0n) is 6.27. The molecule has 7 nitrogen and oxygen atoms in total. The van der Waals surface area contributed by atoms with Gasteiger partial charge >= 0.3 is 13.6 Å². The smallest absolute Gasteiger partial charge is 0.334 e. The van der Waals surface area contributed by atoms with Crippen molar-refractivity contribution in [1.82, 2.24) is 10.6 Å². The number of hydrogen-bond donors (Lipinski definition) is 4. The summed E-state index contributed by atoms with van der Waals surface area (Å²) in [5.41, 5.74) is 0. The van der Waals surface area contributed by atoms with Crippen LogP contribution in [0.2, 0.25) is 0 Å². The average molecular weight is 196 g/mol. The van der Waals surface area contributed by atoms with E-state index in [0.717, 1.165) is 0 Å². The summed E-state index contributed by atoms with van der Waals surface area (Å²) in [6.07, 6.45) is -0.986. The van der Waals surface area contributed by atoms with Gasteiger partial charge in [0.2, 0.25) is 5.91 Å². The number of carbonyl (C=O) groups excluding carboxylic acids is 2. The van der Waals surface area contributed by atoms with Gasteiger partial charge in [0.1, 0.15) is 6.16 Å². The molecular weight excluding hydrogens is 187 g/mol. The molecule has 0 aromatic carbocycles. The Morgan fingerprint density at radius 3 is 2.25 bits per heavy atom. The molecule has 0 unspecified atom stereocenters. The molecule has 0 fully saturated rings. The van der Waals surface area contributed by atoms with Crippen LogP contribution in [0.3, 0.4) is 0 Å². The number of carbonyl (C=O) groups is 2. The molecule has 0 saturated heterocycles. The van der Waals surface area contributed by atoms with Crippen molar-refractivity contribution in [2.75, 3.05) is 13.2 Å². The van der Waals surface area contributed by atoms with E-state index in [4.69, 9.17) is 9.79 Å². The normalized spacial score (nSPS) is 10.6. The molecule has 4 N–H and O–H groups in total. The second-order valence-corrected chi connectivity index (χ2v) is 3.60.